The number of carboxylic acid groups (broad SMARTS) is 1. The fourth-order valence-corrected chi connectivity index (χ4v) is 2.41. The molecule has 0 aromatic carbocycles. The number of hydrogen-bond acceptors (Lipinski definition) is 3. The third kappa shape index (κ3) is 3.98. The second kappa shape index (κ2) is 7.36. The maximum Gasteiger partial charge on any atom is 0.326 e. The van der Waals surface area contributed by atoms with Crippen molar-refractivity contribution < 1.29 is 19.8 Å². The number of aliphatic carboxylic acids is 1. The van der Waals surface area contributed by atoms with E-state index in [0.29, 0.717) is 13.0 Å². The second-order valence-electron chi connectivity index (χ2n) is 5.00. The van der Waals surface area contributed by atoms with Gasteiger partial charge in [0.1, 0.15) is 6.04 Å². The summed E-state index contributed by atoms with van der Waals surface area (Å²) in [6.07, 6.45) is 4.82. The summed E-state index contributed by atoms with van der Waals surface area (Å²) < 4.78 is 0. The Labute approximate surface area is 108 Å². The SMILES string of the molecule is CCCCCCC(C(=O)O)N1CC(CO)CC1=O. The number of amides is 1. The van der Waals surface area contributed by atoms with Crippen molar-refractivity contribution in [1.82, 2.24) is 4.90 Å². The van der Waals surface area contributed by atoms with Crippen LogP contribution in [0.1, 0.15) is 45.4 Å². The van der Waals surface area contributed by atoms with E-state index in [1.54, 1.807) is 0 Å². The Hall–Kier alpha value is -1.10. The minimum absolute atomic E-state index is 0.0512. The van der Waals surface area contributed by atoms with Crippen LogP contribution in [0.25, 0.3) is 0 Å². The van der Waals surface area contributed by atoms with Gasteiger partial charge in [-0.05, 0) is 6.42 Å². The average Bonchev–Trinajstić information content (AvgIpc) is 2.70. The van der Waals surface area contributed by atoms with Crippen molar-refractivity contribution in [2.75, 3.05) is 13.2 Å². The van der Waals surface area contributed by atoms with Crippen molar-refractivity contribution in [1.29, 1.82) is 0 Å². The predicted octanol–water partition coefficient (Wildman–Crippen LogP) is 1.25. The molecule has 0 bridgehead atoms. The molecule has 0 saturated carbocycles. The van der Waals surface area contributed by atoms with Gasteiger partial charge in [-0.3, -0.25) is 4.79 Å². The molecule has 1 aliphatic heterocycles. The maximum absolute atomic E-state index is 11.7. The molecule has 1 aliphatic rings. The van der Waals surface area contributed by atoms with Crippen molar-refractivity contribution in [3.8, 4) is 0 Å². The molecule has 1 amide bonds. The lowest BCUT2D eigenvalue weighted by molar-refractivity contribution is -0.148. The van der Waals surface area contributed by atoms with E-state index in [1.165, 1.54) is 4.90 Å². The summed E-state index contributed by atoms with van der Waals surface area (Å²) in [7, 11) is 0. The Bertz CT molecular complexity index is 293. The van der Waals surface area contributed by atoms with Gasteiger partial charge >= 0.3 is 5.97 Å². The number of aliphatic hydroxyl groups excluding tert-OH is 1. The molecule has 1 rings (SSSR count). The van der Waals surface area contributed by atoms with Crippen LogP contribution >= 0.6 is 0 Å². The minimum atomic E-state index is -0.932. The monoisotopic (exact) mass is 257 g/mol. The van der Waals surface area contributed by atoms with Gasteiger partial charge in [-0.1, -0.05) is 32.6 Å². The predicted molar refractivity (Wildman–Crippen MR) is 67.1 cm³/mol. The lowest BCUT2D eigenvalue weighted by Gasteiger charge is -2.24. The molecule has 5 heteroatoms. The summed E-state index contributed by atoms with van der Waals surface area (Å²) in [6, 6.07) is -0.717. The lowest BCUT2D eigenvalue weighted by atomic mass is 10.1. The van der Waals surface area contributed by atoms with E-state index in [9.17, 15) is 14.7 Å². The molecule has 0 aliphatic carbocycles. The summed E-state index contributed by atoms with van der Waals surface area (Å²) >= 11 is 0. The third-order valence-electron chi connectivity index (χ3n) is 3.49. The highest BCUT2D eigenvalue weighted by atomic mass is 16.4. The van der Waals surface area contributed by atoms with Crippen LogP contribution in [0.15, 0.2) is 0 Å². The quantitative estimate of drug-likeness (QED) is 0.641. The highest BCUT2D eigenvalue weighted by Crippen LogP contribution is 2.22. The average molecular weight is 257 g/mol. The van der Waals surface area contributed by atoms with Crippen LogP contribution in [0.3, 0.4) is 0 Å². The van der Waals surface area contributed by atoms with E-state index in [-0.39, 0.29) is 24.9 Å². The van der Waals surface area contributed by atoms with Crippen LogP contribution < -0.4 is 0 Å². The molecule has 0 aromatic heterocycles. The first-order valence-electron chi connectivity index (χ1n) is 6.73. The number of carbonyl (C=O) groups excluding carboxylic acids is 1. The summed E-state index contributed by atoms with van der Waals surface area (Å²) in [5.41, 5.74) is 0. The van der Waals surface area contributed by atoms with E-state index in [1.807, 2.05) is 0 Å². The smallest absolute Gasteiger partial charge is 0.326 e. The molecule has 1 fully saturated rings. The number of aliphatic hydroxyl groups is 1. The number of likely N-dealkylation sites (tertiary alicyclic amines) is 1. The first kappa shape index (κ1) is 15.0. The van der Waals surface area contributed by atoms with Crippen molar-refractivity contribution in [2.24, 2.45) is 5.92 Å². The molecule has 1 saturated heterocycles. The molecule has 2 atom stereocenters. The number of carboxylic acids is 1. The molecule has 2 unspecified atom stereocenters. The molecule has 0 spiro atoms. The molecule has 1 heterocycles. The van der Waals surface area contributed by atoms with E-state index >= 15 is 0 Å². The van der Waals surface area contributed by atoms with Crippen LogP contribution in [0.2, 0.25) is 0 Å². The van der Waals surface area contributed by atoms with Gasteiger partial charge in [-0.25, -0.2) is 4.79 Å². The van der Waals surface area contributed by atoms with Gasteiger partial charge < -0.3 is 15.1 Å². The fourth-order valence-electron chi connectivity index (χ4n) is 2.41. The number of carbonyl (C=O) groups is 2. The Morgan fingerprint density at radius 2 is 2.17 bits per heavy atom. The van der Waals surface area contributed by atoms with E-state index in [0.717, 1.165) is 25.7 Å². The molecule has 0 aromatic rings. The lowest BCUT2D eigenvalue weighted by Crippen LogP contribution is -2.42. The van der Waals surface area contributed by atoms with Crippen LogP contribution in [0.5, 0.6) is 0 Å². The van der Waals surface area contributed by atoms with Gasteiger partial charge in [0.05, 0.1) is 0 Å². The molecule has 0 radical (unpaired) electrons. The molecular weight excluding hydrogens is 234 g/mol. The van der Waals surface area contributed by atoms with Crippen LogP contribution in [0, 0.1) is 5.92 Å². The number of unbranched alkanes of at least 4 members (excludes halogenated alkanes) is 3. The second-order valence-corrected chi connectivity index (χ2v) is 5.00. The Balaban J connectivity index is 2.51. The van der Waals surface area contributed by atoms with Crippen molar-refractivity contribution in [3.05, 3.63) is 0 Å². The highest BCUT2D eigenvalue weighted by molar-refractivity contribution is 5.85. The van der Waals surface area contributed by atoms with Crippen molar-refractivity contribution in [3.63, 3.8) is 0 Å². The molecule has 5 nitrogen and oxygen atoms in total. The standard InChI is InChI=1S/C13H23NO4/c1-2-3-4-5-6-11(13(17)18)14-8-10(9-15)7-12(14)16/h10-11,15H,2-9H2,1H3,(H,17,18). The van der Waals surface area contributed by atoms with Crippen LogP contribution in [-0.4, -0.2) is 46.2 Å². The number of rotatable bonds is 8. The Morgan fingerprint density at radius 1 is 1.44 bits per heavy atom. The fraction of sp³-hybridized carbons (Fsp3) is 0.846. The number of nitrogens with zero attached hydrogens (tertiary/aromatic N) is 1. The van der Waals surface area contributed by atoms with Crippen molar-refractivity contribution >= 4 is 11.9 Å². The number of hydrogen-bond donors (Lipinski definition) is 2. The van der Waals surface area contributed by atoms with E-state index in [2.05, 4.69) is 6.92 Å². The highest BCUT2D eigenvalue weighted by Gasteiger charge is 2.36. The zero-order valence-corrected chi connectivity index (χ0v) is 11.0. The maximum atomic E-state index is 11.7. The molecular formula is C13H23NO4. The van der Waals surface area contributed by atoms with Gasteiger partial charge in [-0.15, -0.1) is 0 Å². The van der Waals surface area contributed by atoms with Gasteiger partial charge in [0, 0.05) is 25.5 Å². The third-order valence-corrected chi connectivity index (χ3v) is 3.49. The zero-order chi connectivity index (χ0) is 13.5. The van der Waals surface area contributed by atoms with Crippen LogP contribution in [-0.2, 0) is 9.59 Å². The minimum Gasteiger partial charge on any atom is -0.480 e. The van der Waals surface area contributed by atoms with E-state index < -0.39 is 12.0 Å². The molecule has 104 valence electrons. The zero-order valence-electron chi connectivity index (χ0n) is 11.0. The summed E-state index contributed by atoms with van der Waals surface area (Å²) in [6.45, 7) is 2.43. The summed E-state index contributed by atoms with van der Waals surface area (Å²) in [5, 5.41) is 18.3. The normalized spacial score (nSPS) is 21.3. The largest absolute Gasteiger partial charge is 0.480 e. The van der Waals surface area contributed by atoms with Crippen molar-refractivity contribution in [2.45, 2.75) is 51.5 Å². The van der Waals surface area contributed by atoms with Gasteiger partial charge in [0.2, 0.25) is 5.91 Å². The van der Waals surface area contributed by atoms with Crippen LogP contribution in [0.4, 0.5) is 0 Å². The first-order valence-corrected chi connectivity index (χ1v) is 6.73. The Morgan fingerprint density at radius 3 is 2.67 bits per heavy atom. The van der Waals surface area contributed by atoms with Gasteiger partial charge in [0.15, 0.2) is 0 Å². The topological polar surface area (TPSA) is 77.8 Å². The Kier molecular flexibility index (Phi) is 6.12. The first-order chi connectivity index (χ1) is 8.60. The van der Waals surface area contributed by atoms with E-state index in [4.69, 9.17) is 5.11 Å². The molecule has 2 N–H and O–H groups in total. The molecule has 18 heavy (non-hydrogen) atoms. The van der Waals surface area contributed by atoms with Gasteiger partial charge in [0.25, 0.3) is 0 Å². The summed E-state index contributed by atoms with van der Waals surface area (Å²) in [4.78, 5) is 24.4. The summed E-state index contributed by atoms with van der Waals surface area (Å²) in [5.74, 6) is -1.18. The van der Waals surface area contributed by atoms with Gasteiger partial charge in [-0.2, -0.15) is 0 Å².